The maximum absolute atomic E-state index is 10.9. The number of unbranched alkanes of at least 4 members (excludes halogenated alkanes) is 5. The number of likely N-dealkylation sites (N-methyl/N-ethyl adjacent to an activating group) is 1. The smallest absolute Gasteiger partial charge is 0.305 e. The molecule has 0 fully saturated rings. The molecule has 126 valence electrons. The minimum Gasteiger partial charge on any atom is -0.469 e. The second-order valence-corrected chi connectivity index (χ2v) is 6.32. The van der Waals surface area contributed by atoms with Crippen molar-refractivity contribution in [3.8, 4) is 0 Å². The highest BCUT2D eigenvalue weighted by Crippen LogP contribution is 2.12. The molecule has 0 unspecified atom stereocenters. The zero-order chi connectivity index (χ0) is 16.1. The molecule has 0 rings (SSSR count). The molecule has 1 atom stereocenters. The summed E-state index contributed by atoms with van der Waals surface area (Å²) in [6.07, 6.45) is 7.95. The maximum atomic E-state index is 10.9. The van der Waals surface area contributed by atoms with E-state index in [2.05, 4.69) is 25.6 Å². The summed E-state index contributed by atoms with van der Waals surface area (Å²) in [5.41, 5.74) is 0. The van der Waals surface area contributed by atoms with Crippen LogP contribution in [-0.2, 0) is 9.53 Å². The third kappa shape index (κ3) is 10.7. The number of rotatable bonds is 13. The normalized spacial score (nSPS) is 13.2. The van der Waals surface area contributed by atoms with Gasteiger partial charge in [0.1, 0.15) is 12.6 Å². The van der Waals surface area contributed by atoms with E-state index >= 15 is 0 Å². The van der Waals surface area contributed by atoms with Crippen LogP contribution in [0.2, 0.25) is 0 Å². The lowest BCUT2D eigenvalue weighted by Gasteiger charge is -2.34. The number of quaternary nitrogens is 1. The second kappa shape index (κ2) is 12.0. The number of hydrogen-bond acceptors (Lipinski definition) is 3. The Morgan fingerprint density at radius 1 is 1.05 bits per heavy atom. The minimum absolute atomic E-state index is 0.105. The maximum Gasteiger partial charge on any atom is 0.305 e. The monoisotopic (exact) mass is 302 g/mol. The zero-order valence-electron chi connectivity index (χ0n) is 14.6. The number of methoxy groups -OCH3 is 1. The SMILES string of the molecule is CC[N+](C)(CC)C[C@H](O)CCCCCCCCC(=O)OC. The third-order valence-electron chi connectivity index (χ3n) is 4.57. The van der Waals surface area contributed by atoms with Crippen LogP contribution in [0, 0.1) is 0 Å². The summed E-state index contributed by atoms with van der Waals surface area (Å²) in [5, 5.41) is 10.1. The first kappa shape index (κ1) is 20.4. The summed E-state index contributed by atoms with van der Waals surface area (Å²) in [5.74, 6) is -0.105. The summed E-state index contributed by atoms with van der Waals surface area (Å²) < 4.78 is 5.56. The number of hydrogen-bond donors (Lipinski definition) is 1. The lowest BCUT2D eigenvalue weighted by atomic mass is 10.1. The average molecular weight is 302 g/mol. The fourth-order valence-corrected chi connectivity index (χ4v) is 2.54. The molecule has 0 aromatic rings. The van der Waals surface area contributed by atoms with Crippen LogP contribution in [-0.4, -0.2) is 55.5 Å². The van der Waals surface area contributed by atoms with Crippen LogP contribution in [0.1, 0.15) is 65.2 Å². The summed E-state index contributed by atoms with van der Waals surface area (Å²) in [6.45, 7) is 7.39. The van der Waals surface area contributed by atoms with Crippen LogP contribution in [0.5, 0.6) is 0 Å². The van der Waals surface area contributed by atoms with Crippen molar-refractivity contribution in [3.63, 3.8) is 0 Å². The Bertz CT molecular complexity index is 265. The van der Waals surface area contributed by atoms with Gasteiger partial charge in [-0.05, 0) is 26.7 Å². The molecule has 0 heterocycles. The Balaban J connectivity index is 3.48. The van der Waals surface area contributed by atoms with Crippen molar-refractivity contribution in [1.82, 2.24) is 0 Å². The molecule has 0 aliphatic heterocycles. The van der Waals surface area contributed by atoms with Crippen molar-refractivity contribution < 1.29 is 19.1 Å². The van der Waals surface area contributed by atoms with Crippen LogP contribution in [0.15, 0.2) is 0 Å². The minimum atomic E-state index is -0.172. The first-order chi connectivity index (χ1) is 9.97. The van der Waals surface area contributed by atoms with Gasteiger partial charge in [-0.2, -0.15) is 0 Å². The lowest BCUT2D eigenvalue weighted by Crippen LogP contribution is -2.48. The number of ether oxygens (including phenoxy) is 1. The number of carbonyl (C=O) groups excluding carboxylic acids is 1. The second-order valence-electron chi connectivity index (χ2n) is 6.32. The van der Waals surface area contributed by atoms with E-state index in [4.69, 9.17) is 0 Å². The van der Waals surface area contributed by atoms with Crippen LogP contribution in [0.3, 0.4) is 0 Å². The van der Waals surface area contributed by atoms with Gasteiger partial charge in [0.15, 0.2) is 0 Å². The van der Waals surface area contributed by atoms with Gasteiger partial charge < -0.3 is 14.3 Å². The predicted molar refractivity (Wildman–Crippen MR) is 87.1 cm³/mol. The van der Waals surface area contributed by atoms with Crippen molar-refractivity contribution >= 4 is 5.97 Å². The highest BCUT2D eigenvalue weighted by Gasteiger charge is 2.20. The summed E-state index contributed by atoms with van der Waals surface area (Å²) in [6, 6.07) is 0. The number of esters is 1. The van der Waals surface area contributed by atoms with Gasteiger partial charge in [-0.3, -0.25) is 4.79 Å². The highest BCUT2D eigenvalue weighted by molar-refractivity contribution is 5.68. The van der Waals surface area contributed by atoms with Gasteiger partial charge in [0.05, 0.1) is 27.2 Å². The Morgan fingerprint density at radius 3 is 2.10 bits per heavy atom. The van der Waals surface area contributed by atoms with Crippen LogP contribution < -0.4 is 0 Å². The Labute approximate surface area is 131 Å². The Morgan fingerprint density at radius 2 is 1.57 bits per heavy atom. The Kier molecular flexibility index (Phi) is 11.6. The molecule has 4 heteroatoms. The molecule has 0 aromatic carbocycles. The third-order valence-corrected chi connectivity index (χ3v) is 4.57. The van der Waals surface area contributed by atoms with Gasteiger partial charge in [-0.25, -0.2) is 0 Å². The molecule has 21 heavy (non-hydrogen) atoms. The quantitative estimate of drug-likeness (QED) is 0.323. The number of nitrogens with zero attached hydrogens (tertiary/aromatic N) is 1. The van der Waals surface area contributed by atoms with E-state index < -0.39 is 0 Å². The first-order valence-electron chi connectivity index (χ1n) is 8.55. The highest BCUT2D eigenvalue weighted by atomic mass is 16.5. The Hall–Kier alpha value is -0.610. The average Bonchev–Trinajstić information content (AvgIpc) is 2.49. The first-order valence-corrected chi connectivity index (χ1v) is 8.55. The van der Waals surface area contributed by atoms with Crippen LogP contribution in [0.25, 0.3) is 0 Å². The topological polar surface area (TPSA) is 46.5 Å². The van der Waals surface area contributed by atoms with Crippen molar-refractivity contribution in [2.75, 3.05) is 33.8 Å². The molecule has 0 amide bonds. The van der Waals surface area contributed by atoms with Crippen molar-refractivity contribution in [2.24, 2.45) is 0 Å². The molecule has 0 bridgehead atoms. The summed E-state index contributed by atoms with van der Waals surface area (Å²) in [4.78, 5) is 10.9. The van der Waals surface area contributed by atoms with Gasteiger partial charge in [-0.15, -0.1) is 0 Å². The van der Waals surface area contributed by atoms with Gasteiger partial charge in [-0.1, -0.05) is 32.1 Å². The summed E-state index contributed by atoms with van der Waals surface area (Å²) in [7, 11) is 3.65. The molecule has 0 saturated heterocycles. The number of aliphatic hydroxyl groups is 1. The van der Waals surface area contributed by atoms with Crippen LogP contribution in [0.4, 0.5) is 0 Å². The van der Waals surface area contributed by atoms with Crippen LogP contribution >= 0.6 is 0 Å². The largest absolute Gasteiger partial charge is 0.469 e. The zero-order valence-corrected chi connectivity index (χ0v) is 14.6. The van der Waals surface area contributed by atoms with E-state index in [-0.39, 0.29) is 12.1 Å². The van der Waals surface area contributed by atoms with E-state index in [0.29, 0.717) is 6.42 Å². The van der Waals surface area contributed by atoms with E-state index in [9.17, 15) is 9.90 Å². The molecule has 0 aliphatic carbocycles. The molecule has 4 nitrogen and oxygen atoms in total. The molecule has 0 spiro atoms. The van der Waals surface area contributed by atoms with E-state index in [1.54, 1.807) is 0 Å². The van der Waals surface area contributed by atoms with E-state index in [1.807, 2.05) is 0 Å². The molecule has 0 radical (unpaired) electrons. The molecule has 0 saturated carbocycles. The van der Waals surface area contributed by atoms with Crippen molar-refractivity contribution in [1.29, 1.82) is 0 Å². The predicted octanol–water partition coefficient (Wildman–Crippen LogP) is 3.13. The molecular formula is C17H36NO3+. The lowest BCUT2D eigenvalue weighted by molar-refractivity contribution is -0.909. The summed E-state index contributed by atoms with van der Waals surface area (Å²) >= 11 is 0. The van der Waals surface area contributed by atoms with Gasteiger partial charge in [0.2, 0.25) is 0 Å². The molecular weight excluding hydrogens is 266 g/mol. The molecule has 0 aliphatic rings. The standard InChI is InChI=1S/C17H36NO3/c1-5-18(3,6-2)15-16(19)13-11-9-7-8-10-12-14-17(20)21-4/h16,19H,5-15H2,1-4H3/q+1/t16-/m1/s1. The van der Waals surface area contributed by atoms with E-state index in [0.717, 1.165) is 49.8 Å². The molecule has 0 aromatic heterocycles. The number of aliphatic hydroxyl groups excluding tert-OH is 1. The number of carbonyl (C=O) groups is 1. The van der Waals surface area contributed by atoms with Gasteiger partial charge >= 0.3 is 5.97 Å². The van der Waals surface area contributed by atoms with E-state index in [1.165, 1.54) is 26.4 Å². The van der Waals surface area contributed by atoms with Gasteiger partial charge in [0.25, 0.3) is 0 Å². The fourth-order valence-electron chi connectivity index (χ4n) is 2.54. The van der Waals surface area contributed by atoms with Gasteiger partial charge in [0, 0.05) is 6.42 Å². The van der Waals surface area contributed by atoms with Crippen molar-refractivity contribution in [2.45, 2.75) is 71.3 Å². The van der Waals surface area contributed by atoms with Crippen molar-refractivity contribution in [3.05, 3.63) is 0 Å². The molecule has 1 N–H and O–H groups in total. The fraction of sp³-hybridized carbons (Fsp3) is 0.941.